The molecule has 0 aliphatic carbocycles. The summed E-state index contributed by atoms with van der Waals surface area (Å²) >= 11 is 0. The van der Waals surface area contributed by atoms with Crippen LogP contribution in [-0.2, 0) is 25.6 Å². The molecule has 35 heavy (non-hydrogen) atoms. The van der Waals surface area contributed by atoms with Gasteiger partial charge in [0.1, 0.15) is 17.5 Å². The summed E-state index contributed by atoms with van der Waals surface area (Å²) in [5.74, 6) is -1.60. The number of nitrogens with zero attached hydrogens (tertiary/aromatic N) is 2. The summed E-state index contributed by atoms with van der Waals surface area (Å²) in [6, 6.07) is 12.8. The van der Waals surface area contributed by atoms with Crippen LogP contribution in [0.5, 0.6) is 11.5 Å². The Morgan fingerprint density at radius 2 is 1.71 bits per heavy atom. The molecular weight excluding hydrogens is 452 g/mol. The summed E-state index contributed by atoms with van der Waals surface area (Å²) < 4.78 is 10.7. The summed E-state index contributed by atoms with van der Waals surface area (Å²) in [6.45, 7) is 2.66. The first-order valence-electron chi connectivity index (χ1n) is 11.3. The van der Waals surface area contributed by atoms with E-state index in [-0.39, 0.29) is 13.0 Å². The number of hydrogen-bond acceptors (Lipinski definition) is 6. The Labute approximate surface area is 203 Å². The van der Waals surface area contributed by atoms with Crippen molar-refractivity contribution in [2.45, 2.75) is 32.2 Å². The predicted molar refractivity (Wildman–Crippen MR) is 128 cm³/mol. The molecular formula is C26H28N2O7. The van der Waals surface area contributed by atoms with E-state index < -0.39 is 29.7 Å². The maximum absolute atomic E-state index is 13.3. The zero-order valence-corrected chi connectivity index (χ0v) is 19.7. The Balaban J connectivity index is 1.80. The Bertz CT molecular complexity index is 1090. The number of carbonyl (C=O) groups excluding carboxylic acids is 3. The minimum Gasteiger partial charge on any atom is -0.497 e. The van der Waals surface area contributed by atoms with Gasteiger partial charge in [-0.05, 0) is 54.8 Å². The molecule has 1 fully saturated rings. The van der Waals surface area contributed by atoms with Crippen molar-refractivity contribution in [2.75, 3.05) is 25.2 Å². The Morgan fingerprint density at radius 3 is 2.31 bits per heavy atom. The van der Waals surface area contributed by atoms with Gasteiger partial charge in [0.25, 0.3) is 5.91 Å². The summed E-state index contributed by atoms with van der Waals surface area (Å²) in [6.07, 6.45) is 2.68. The van der Waals surface area contributed by atoms with Gasteiger partial charge in [0.15, 0.2) is 0 Å². The number of benzene rings is 2. The van der Waals surface area contributed by atoms with E-state index >= 15 is 0 Å². The molecule has 0 bridgehead atoms. The van der Waals surface area contributed by atoms with Crippen LogP contribution in [0.1, 0.15) is 25.3 Å². The number of aliphatic carboxylic acids is 1. The lowest BCUT2D eigenvalue weighted by atomic mass is 10.1. The van der Waals surface area contributed by atoms with Crippen molar-refractivity contribution < 1.29 is 33.8 Å². The van der Waals surface area contributed by atoms with Crippen LogP contribution in [-0.4, -0.2) is 60.0 Å². The van der Waals surface area contributed by atoms with Gasteiger partial charge in [0.05, 0.1) is 25.8 Å². The van der Waals surface area contributed by atoms with Crippen molar-refractivity contribution in [1.29, 1.82) is 0 Å². The molecule has 1 saturated heterocycles. The molecule has 184 valence electrons. The van der Waals surface area contributed by atoms with Gasteiger partial charge >= 0.3 is 5.97 Å². The van der Waals surface area contributed by atoms with E-state index in [9.17, 15) is 19.2 Å². The minimum atomic E-state index is -1.28. The number of rotatable bonds is 11. The number of hydrogen-bond donors (Lipinski definition) is 1. The van der Waals surface area contributed by atoms with E-state index in [1.165, 1.54) is 4.90 Å². The number of imide groups is 1. The molecule has 1 atom stereocenters. The van der Waals surface area contributed by atoms with E-state index in [1.54, 1.807) is 43.5 Å². The zero-order valence-electron chi connectivity index (χ0n) is 19.7. The smallest absolute Gasteiger partial charge is 0.328 e. The first-order chi connectivity index (χ1) is 16.8. The largest absolute Gasteiger partial charge is 0.497 e. The van der Waals surface area contributed by atoms with Gasteiger partial charge in [-0.2, -0.15) is 0 Å². The molecule has 9 heteroatoms. The Morgan fingerprint density at radius 1 is 1.06 bits per heavy atom. The van der Waals surface area contributed by atoms with Crippen LogP contribution < -0.4 is 14.4 Å². The molecule has 0 saturated carbocycles. The van der Waals surface area contributed by atoms with Gasteiger partial charge in [-0.25, -0.2) is 9.69 Å². The normalized spacial score (nSPS) is 15.5. The molecule has 3 rings (SSSR count). The van der Waals surface area contributed by atoms with E-state index in [1.807, 2.05) is 19.1 Å². The molecule has 9 nitrogen and oxygen atoms in total. The summed E-state index contributed by atoms with van der Waals surface area (Å²) in [5.41, 5.74) is 1.28. The highest BCUT2D eigenvalue weighted by Gasteiger charge is 2.43. The van der Waals surface area contributed by atoms with Gasteiger partial charge < -0.3 is 19.5 Å². The monoisotopic (exact) mass is 480 g/mol. The lowest BCUT2D eigenvalue weighted by Gasteiger charge is -2.26. The van der Waals surface area contributed by atoms with Crippen LogP contribution in [0.3, 0.4) is 0 Å². The van der Waals surface area contributed by atoms with Crippen molar-refractivity contribution in [3.63, 3.8) is 0 Å². The number of amides is 3. The van der Waals surface area contributed by atoms with E-state index in [2.05, 4.69) is 0 Å². The second-order valence-electron chi connectivity index (χ2n) is 7.93. The summed E-state index contributed by atoms with van der Waals surface area (Å²) in [7, 11) is 1.56. The fraction of sp³-hybridized carbons (Fsp3) is 0.308. The highest BCUT2D eigenvalue weighted by Crippen LogP contribution is 2.28. The van der Waals surface area contributed by atoms with Crippen molar-refractivity contribution in [2.24, 2.45) is 0 Å². The van der Waals surface area contributed by atoms with Gasteiger partial charge in [-0.1, -0.05) is 19.1 Å². The van der Waals surface area contributed by atoms with E-state index in [0.717, 1.165) is 29.0 Å². The van der Waals surface area contributed by atoms with Gasteiger partial charge in [-0.15, -0.1) is 0 Å². The van der Waals surface area contributed by atoms with Gasteiger partial charge in [0, 0.05) is 18.7 Å². The Kier molecular flexibility index (Phi) is 8.61. The molecule has 1 heterocycles. The molecule has 2 aromatic carbocycles. The first kappa shape index (κ1) is 25.5. The van der Waals surface area contributed by atoms with Crippen LogP contribution in [0.4, 0.5) is 5.69 Å². The molecule has 0 unspecified atom stereocenters. The fourth-order valence-corrected chi connectivity index (χ4v) is 3.74. The van der Waals surface area contributed by atoms with Gasteiger partial charge in [0.2, 0.25) is 11.8 Å². The van der Waals surface area contributed by atoms with Crippen LogP contribution in [0.15, 0.2) is 60.7 Å². The molecule has 0 radical (unpaired) electrons. The number of carboxylic acids is 1. The quantitative estimate of drug-likeness (QED) is 0.389. The average molecular weight is 481 g/mol. The van der Waals surface area contributed by atoms with Gasteiger partial charge in [-0.3, -0.25) is 14.4 Å². The Hall–Kier alpha value is -4.14. The van der Waals surface area contributed by atoms with Crippen molar-refractivity contribution >= 4 is 29.4 Å². The third-order valence-corrected chi connectivity index (χ3v) is 5.52. The van der Waals surface area contributed by atoms with E-state index in [0.29, 0.717) is 30.2 Å². The van der Waals surface area contributed by atoms with E-state index in [4.69, 9.17) is 14.6 Å². The molecule has 0 spiro atoms. The second-order valence-corrected chi connectivity index (χ2v) is 7.93. The fourth-order valence-electron chi connectivity index (χ4n) is 3.74. The van der Waals surface area contributed by atoms with Crippen LogP contribution in [0.25, 0.3) is 0 Å². The molecule has 1 N–H and O–H groups in total. The molecule has 2 aromatic rings. The standard InChI is InChI=1S/C26H28N2O7/c1-3-16-35-21-10-6-19(7-11-21)28-24(30)17-22(26(28)33)27(23(29)12-13-25(31)32)15-14-18-4-8-20(34-2)9-5-18/h4-13,22H,3,14-17H2,1-2H3,(H,31,32)/b13-12-/t22-/m0/s1. The SMILES string of the molecule is CCCOc1ccc(N2C(=O)C[C@H](N(CCc3ccc(OC)cc3)C(=O)/C=C\C(=O)O)C2=O)cc1. The second kappa shape index (κ2) is 11.8. The summed E-state index contributed by atoms with van der Waals surface area (Å²) in [4.78, 5) is 52.2. The third-order valence-electron chi connectivity index (χ3n) is 5.52. The van der Waals surface area contributed by atoms with Crippen LogP contribution in [0.2, 0.25) is 0 Å². The minimum absolute atomic E-state index is 0.121. The lowest BCUT2D eigenvalue weighted by molar-refractivity contribution is -0.135. The zero-order chi connectivity index (χ0) is 25.4. The topological polar surface area (TPSA) is 113 Å². The number of methoxy groups -OCH3 is 1. The van der Waals surface area contributed by atoms with Crippen molar-refractivity contribution in [3.8, 4) is 11.5 Å². The predicted octanol–water partition coefficient (Wildman–Crippen LogP) is 2.83. The highest BCUT2D eigenvalue weighted by molar-refractivity contribution is 6.23. The molecule has 0 aromatic heterocycles. The maximum atomic E-state index is 13.3. The highest BCUT2D eigenvalue weighted by atomic mass is 16.5. The van der Waals surface area contributed by atoms with Crippen LogP contribution >= 0.6 is 0 Å². The molecule has 1 aliphatic rings. The maximum Gasteiger partial charge on any atom is 0.328 e. The lowest BCUT2D eigenvalue weighted by Crippen LogP contribution is -2.46. The number of carboxylic acid groups (broad SMARTS) is 1. The number of carbonyl (C=O) groups is 4. The van der Waals surface area contributed by atoms with Crippen molar-refractivity contribution in [3.05, 3.63) is 66.2 Å². The van der Waals surface area contributed by atoms with Crippen LogP contribution in [0, 0.1) is 0 Å². The number of anilines is 1. The third kappa shape index (κ3) is 6.47. The first-order valence-corrected chi connectivity index (χ1v) is 11.3. The number of ether oxygens (including phenoxy) is 2. The van der Waals surface area contributed by atoms with Crippen molar-refractivity contribution in [1.82, 2.24) is 4.90 Å². The average Bonchev–Trinajstić information content (AvgIpc) is 3.15. The molecule has 1 aliphatic heterocycles. The molecule has 3 amide bonds. The summed E-state index contributed by atoms with van der Waals surface area (Å²) in [5, 5.41) is 8.92.